The van der Waals surface area contributed by atoms with Crippen molar-refractivity contribution >= 4 is 34.5 Å². The Morgan fingerprint density at radius 3 is 2.38 bits per heavy atom. The van der Waals surface area contributed by atoms with E-state index in [9.17, 15) is 4.79 Å². The third kappa shape index (κ3) is 4.95. The van der Waals surface area contributed by atoms with Gasteiger partial charge in [-0.3, -0.25) is 4.79 Å². The van der Waals surface area contributed by atoms with Crippen LogP contribution in [0.2, 0.25) is 5.02 Å². The maximum absolute atomic E-state index is 12.8. The van der Waals surface area contributed by atoms with E-state index in [1.807, 2.05) is 30.3 Å². The number of carbonyl (C=O) groups is 1. The molecule has 34 heavy (non-hydrogen) atoms. The monoisotopic (exact) mass is 472 g/mol. The largest absolute Gasteiger partial charge is 0.352 e. The number of hydrogen-bond acceptors (Lipinski definition) is 3. The number of nitrogens with one attached hydrogen (secondary N) is 1. The van der Waals surface area contributed by atoms with E-state index in [0.29, 0.717) is 11.6 Å². The number of hydrogen-bond donors (Lipinski definition) is 1. The Morgan fingerprint density at radius 1 is 0.971 bits per heavy atom. The number of amides is 1. The highest BCUT2D eigenvalue weighted by atomic mass is 35.5. The van der Waals surface area contributed by atoms with E-state index in [0.717, 1.165) is 55.0 Å². The standard InChI is InChI=1S/C28H29ClN4O/c1-20-6-8-22(9-7-20)19-33-26-5-3-2-4-25(26)31-28(33)32-16-14-23(15-17-32)27(34)30-18-21-10-12-24(29)13-11-21/h2-13,23H,14-19H2,1H3,(H,30,34). The third-order valence-electron chi connectivity index (χ3n) is 6.62. The molecule has 0 spiro atoms. The molecule has 4 aromatic rings. The first-order valence-electron chi connectivity index (χ1n) is 11.8. The van der Waals surface area contributed by atoms with Gasteiger partial charge in [-0.25, -0.2) is 4.98 Å². The molecule has 3 aromatic carbocycles. The van der Waals surface area contributed by atoms with Crippen molar-refractivity contribution in [2.75, 3.05) is 18.0 Å². The molecule has 1 fully saturated rings. The van der Waals surface area contributed by atoms with Crippen LogP contribution in [0.1, 0.15) is 29.5 Å². The lowest BCUT2D eigenvalue weighted by Gasteiger charge is -2.32. The first-order valence-corrected chi connectivity index (χ1v) is 12.2. The molecule has 2 heterocycles. The maximum Gasteiger partial charge on any atom is 0.223 e. The van der Waals surface area contributed by atoms with E-state index in [1.165, 1.54) is 11.1 Å². The Labute approximate surface area is 205 Å². The average Bonchev–Trinajstić information content (AvgIpc) is 3.23. The van der Waals surface area contributed by atoms with Gasteiger partial charge in [-0.1, -0.05) is 65.7 Å². The molecule has 0 saturated carbocycles. The van der Waals surface area contributed by atoms with Gasteiger partial charge in [0.05, 0.1) is 17.6 Å². The van der Waals surface area contributed by atoms with Crippen molar-refractivity contribution in [1.29, 1.82) is 0 Å². The second kappa shape index (κ2) is 9.90. The molecule has 5 nitrogen and oxygen atoms in total. The smallest absolute Gasteiger partial charge is 0.223 e. The molecule has 1 N–H and O–H groups in total. The highest BCUT2D eigenvalue weighted by Gasteiger charge is 2.27. The number of halogens is 1. The maximum atomic E-state index is 12.8. The van der Waals surface area contributed by atoms with Gasteiger partial charge in [0.1, 0.15) is 0 Å². The Morgan fingerprint density at radius 2 is 1.65 bits per heavy atom. The molecule has 1 saturated heterocycles. The predicted octanol–water partition coefficient (Wildman–Crippen LogP) is 5.58. The number of fused-ring (bicyclic) bond motifs is 1. The number of piperidine rings is 1. The summed E-state index contributed by atoms with van der Waals surface area (Å²) in [6, 6.07) is 24.6. The minimum atomic E-state index is 0.0264. The van der Waals surface area contributed by atoms with Crippen LogP contribution < -0.4 is 10.2 Å². The number of aryl methyl sites for hydroxylation is 1. The lowest BCUT2D eigenvalue weighted by Crippen LogP contribution is -2.41. The van der Waals surface area contributed by atoms with E-state index >= 15 is 0 Å². The van der Waals surface area contributed by atoms with Crippen LogP contribution in [0.3, 0.4) is 0 Å². The highest BCUT2D eigenvalue weighted by molar-refractivity contribution is 6.30. The first kappa shape index (κ1) is 22.5. The van der Waals surface area contributed by atoms with Gasteiger partial charge in [0.15, 0.2) is 0 Å². The van der Waals surface area contributed by atoms with E-state index < -0.39 is 0 Å². The Kier molecular flexibility index (Phi) is 6.54. The molecule has 0 aliphatic carbocycles. The van der Waals surface area contributed by atoms with Crippen molar-refractivity contribution < 1.29 is 4.79 Å². The zero-order valence-corrected chi connectivity index (χ0v) is 20.1. The zero-order valence-electron chi connectivity index (χ0n) is 19.4. The number of benzene rings is 3. The normalized spacial score (nSPS) is 14.5. The highest BCUT2D eigenvalue weighted by Crippen LogP contribution is 2.28. The Bertz CT molecular complexity index is 1270. The van der Waals surface area contributed by atoms with Gasteiger partial charge in [0.25, 0.3) is 0 Å². The summed E-state index contributed by atoms with van der Waals surface area (Å²) < 4.78 is 2.31. The molecule has 1 aliphatic heterocycles. The summed E-state index contributed by atoms with van der Waals surface area (Å²) >= 11 is 5.95. The van der Waals surface area contributed by atoms with Crippen LogP contribution in [0.25, 0.3) is 11.0 Å². The SMILES string of the molecule is Cc1ccc(Cn2c(N3CCC(C(=O)NCc4ccc(Cl)cc4)CC3)nc3ccccc32)cc1. The van der Waals surface area contributed by atoms with Crippen LogP contribution in [0.4, 0.5) is 5.95 Å². The van der Waals surface area contributed by atoms with Crippen molar-refractivity contribution in [3.05, 3.63) is 94.5 Å². The summed E-state index contributed by atoms with van der Waals surface area (Å²) in [5.74, 6) is 1.14. The molecule has 0 radical (unpaired) electrons. The molecule has 0 atom stereocenters. The molecule has 1 aromatic heterocycles. The number of nitrogens with zero attached hydrogens (tertiary/aromatic N) is 3. The summed E-state index contributed by atoms with van der Waals surface area (Å²) in [7, 11) is 0. The summed E-state index contributed by atoms with van der Waals surface area (Å²) in [5.41, 5.74) is 5.72. The summed E-state index contributed by atoms with van der Waals surface area (Å²) in [5, 5.41) is 3.80. The van der Waals surface area contributed by atoms with Gasteiger partial charge in [-0.2, -0.15) is 0 Å². The lowest BCUT2D eigenvalue weighted by atomic mass is 9.96. The van der Waals surface area contributed by atoms with E-state index in [2.05, 4.69) is 64.2 Å². The fourth-order valence-electron chi connectivity index (χ4n) is 4.61. The molecular weight excluding hydrogens is 444 g/mol. The molecule has 174 valence electrons. The van der Waals surface area contributed by atoms with E-state index in [4.69, 9.17) is 16.6 Å². The van der Waals surface area contributed by atoms with Gasteiger partial charge < -0.3 is 14.8 Å². The lowest BCUT2D eigenvalue weighted by molar-refractivity contribution is -0.125. The van der Waals surface area contributed by atoms with Gasteiger partial charge in [0.2, 0.25) is 11.9 Å². The molecule has 1 aliphatic rings. The van der Waals surface area contributed by atoms with Crippen LogP contribution in [0.5, 0.6) is 0 Å². The van der Waals surface area contributed by atoms with Gasteiger partial charge >= 0.3 is 0 Å². The molecule has 1 amide bonds. The van der Waals surface area contributed by atoms with Gasteiger partial charge in [0, 0.05) is 30.6 Å². The third-order valence-corrected chi connectivity index (χ3v) is 6.88. The van der Waals surface area contributed by atoms with Crippen LogP contribution in [-0.2, 0) is 17.9 Å². The van der Waals surface area contributed by atoms with Gasteiger partial charge in [-0.15, -0.1) is 0 Å². The van der Waals surface area contributed by atoms with Crippen molar-refractivity contribution in [3.8, 4) is 0 Å². The first-order chi connectivity index (χ1) is 16.6. The Hall–Kier alpha value is -3.31. The Balaban J connectivity index is 1.27. The van der Waals surface area contributed by atoms with Crippen LogP contribution >= 0.6 is 11.6 Å². The number of carbonyl (C=O) groups excluding carboxylic acids is 1. The minimum absolute atomic E-state index is 0.0264. The quantitative estimate of drug-likeness (QED) is 0.398. The summed E-state index contributed by atoms with van der Waals surface area (Å²) in [6.45, 7) is 5.05. The van der Waals surface area contributed by atoms with Gasteiger partial charge in [-0.05, 0) is 55.2 Å². The summed E-state index contributed by atoms with van der Waals surface area (Å²) in [4.78, 5) is 20.1. The zero-order chi connectivity index (χ0) is 23.5. The van der Waals surface area contributed by atoms with Crippen molar-refractivity contribution in [2.24, 2.45) is 5.92 Å². The van der Waals surface area contributed by atoms with Crippen molar-refractivity contribution in [3.63, 3.8) is 0 Å². The second-order valence-electron chi connectivity index (χ2n) is 9.08. The van der Waals surface area contributed by atoms with Crippen molar-refractivity contribution in [2.45, 2.75) is 32.9 Å². The van der Waals surface area contributed by atoms with E-state index in [-0.39, 0.29) is 11.8 Å². The second-order valence-corrected chi connectivity index (χ2v) is 9.51. The predicted molar refractivity (Wildman–Crippen MR) is 138 cm³/mol. The van der Waals surface area contributed by atoms with Crippen LogP contribution in [-0.4, -0.2) is 28.5 Å². The number of imidazole rings is 1. The fraction of sp³-hybridized carbons (Fsp3) is 0.286. The van der Waals surface area contributed by atoms with E-state index in [1.54, 1.807) is 0 Å². The minimum Gasteiger partial charge on any atom is -0.352 e. The van der Waals surface area contributed by atoms with Crippen molar-refractivity contribution in [1.82, 2.24) is 14.9 Å². The summed E-state index contributed by atoms with van der Waals surface area (Å²) in [6.07, 6.45) is 1.64. The molecule has 0 bridgehead atoms. The number of rotatable bonds is 6. The average molecular weight is 473 g/mol. The topological polar surface area (TPSA) is 50.2 Å². The molecule has 5 rings (SSSR count). The molecular formula is C28H29ClN4O. The number of para-hydroxylation sites is 2. The fourth-order valence-corrected chi connectivity index (χ4v) is 4.74. The molecule has 6 heteroatoms. The molecule has 0 unspecified atom stereocenters. The van der Waals surface area contributed by atoms with Crippen LogP contribution in [0.15, 0.2) is 72.8 Å². The van der Waals surface area contributed by atoms with Crippen LogP contribution in [0, 0.1) is 12.8 Å². The number of aromatic nitrogens is 2. The number of anilines is 1.